The first-order valence-electron chi connectivity index (χ1n) is 23.8. The Hall–Kier alpha value is -7.33. The molecule has 0 aromatic heterocycles. The van der Waals surface area contributed by atoms with Gasteiger partial charge >= 0.3 is 472 Å². The molecule has 0 aliphatic carbocycles. The van der Waals surface area contributed by atoms with Crippen LogP contribution in [-0.2, 0) is 0 Å². The predicted molar refractivity (Wildman–Crippen MR) is 320 cm³/mol. The third-order valence-electron chi connectivity index (χ3n) is 10.5. The van der Waals surface area contributed by atoms with E-state index in [1.54, 1.807) is 36.5 Å². The summed E-state index contributed by atoms with van der Waals surface area (Å²) < 4.78 is 45.2. The van der Waals surface area contributed by atoms with Crippen molar-refractivity contribution < 1.29 is 18.1 Å². The molecule has 7 aromatic rings. The van der Waals surface area contributed by atoms with Crippen LogP contribution in [0.15, 0.2) is 276 Å². The molecular weight excluding hydrogens is 1250 g/mol. The normalized spacial score (nSPS) is 11.6. The minimum absolute atomic E-state index is 0.675. The Labute approximate surface area is 467 Å². The van der Waals surface area contributed by atoms with Crippen molar-refractivity contribution in [3.8, 4) is 34.5 Å². The number of allylic oxidation sites excluding steroid dienone is 12. The molecule has 9 heteroatoms. The number of hydrogen-bond donors (Lipinski definition) is 0. The zero-order chi connectivity index (χ0) is 52.5. The second-order valence-electron chi connectivity index (χ2n) is 16.0. The molecule has 0 unspecified atom stereocenters. The van der Waals surface area contributed by atoms with Gasteiger partial charge < -0.3 is 0 Å². The first-order valence-corrected chi connectivity index (χ1v) is 33.9. The summed E-state index contributed by atoms with van der Waals surface area (Å²) in [6, 6.07) is 54.3. The van der Waals surface area contributed by atoms with Gasteiger partial charge in [-0.3, -0.25) is 0 Å². The molecule has 0 fully saturated rings. The van der Waals surface area contributed by atoms with Gasteiger partial charge in [0.05, 0.1) is 0 Å². The number of hydrogen-bond acceptors (Lipinski definition) is 6. The first-order chi connectivity index (χ1) is 36.8. The van der Waals surface area contributed by atoms with E-state index in [9.17, 15) is 0 Å². The monoisotopic (exact) mass is 1310 g/mol. The fourth-order valence-corrected chi connectivity index (χ4v) is 21.1. The van der Waals surface area contributed by atoms with Gasteiger partial charge in [-0.05, 0) is 0 Å². The fraction of sp³-hybridized carbons (Fsp3) is 0. The average molecular weight is 1310 g/mol. The van der Waals surface area contributed by atoms with E-state index in [1.165, 1.54) is 0 Å². The Morgan fingerprint density at radius 2 is 0.373 bits per heavy atom. The van der Waals surface area contributed by atoms with Crippen molar-refractivity contribution in [3.63, 3.8) is 0 Å². The van der Waals surface area contributed by atoms with Gasteiger partial charge in [-0.15, -0.1) is 0 Å². The molecule has 372 valence electrons. The molecule has 75 heavy (non-hydrogen) atoms. The SMILES string of the molecule is C=CC=Cc1ccc([O][Sb]([O]c2ccc(C=CC=C)cc2)[c]2c[c]([Sb]([O]c3ccc(C=CC=C)cc3)[O]c3ccc(C=CC=C)cc3)c[c]([Sb]([O]c3ccc(C=CC=C)cc3)[O]c3ccc(C=CC=C)cc3)c2)cc1. The van der Waals surface area contributed by atoms with Gasteiger partial charge in [0.25, 0.3) is 0 Å². The van der Waals surface area contributed by atoms with Crippen LogP contribution in [0.5, 0.6) is 34.5 Å². The van der Waals surface area contributed by atoms with E-state index in [4.69, 9.17) is 18.1 Å². The van der Waals surface area contributed by atoms with Crippen molar-refractivity contribution >= 4 is 110 Å². The molecule has 0 radical (unpaired) electrons. The van der Waals surface area contributed by atoms with Crippen LogP contribution in [0.4, 0.5) is 0 Å². The molecule has 0 aliphatic rings. The minimum atomic E-state index is -3.60. The van der Waals surface area contributed by atoms with E-state index in [1.807, 2.05) is 219 Å². The summed E-state index contributed by atoms with van der Waals surface area (Å²) in [5, 5.41) is 0. The Bertz CT molecular complexity index is 2640. The molecule has 0 saturated heterocycles. The molecule has 7 aromatic carbocycles. The molecule has 0 saturated carbocycles. The molecule has 0 bridgehead atoms. The van der Waals surface area contributed by atoms with Crippen LogP contribution in [0, 0.1) is 0 Å². The molecule has 0 N–H and O–H groups in total. The van der Waals surface area contributed by atoms with Crippen LogP contribution in [0.1, 0.15) is 33.4 Å². The fourth-order valence-electron chi connectivity index (χ4n) is 6.76. The van der Waals surface area contributed by atoms with E-state index in [2.05, 4.69) is 57.7 Å². The Kier molecular flexibility index (Phi) is 22.3. The van der Waals surface area contributed by atoms with Crippen LogP contribution in [0.25, 0.3) is 36.5 Å². The Morgan fingerprint density at radius 1 is 0.227 bits per heavy atom. The van der Waals surface area contributed by atoms with Crippen molar-refractivity contribution in [1.29, 1.82) is 0 Å². The summed E-state index contributed by atoms with van der Waals surface area (Å²) in [4.78, 5) is 0. The van der Waals surface area contributed by atoms with Gasteiger partial charge in [0.15, 0.2) is 0 Å². The third kappa shape index (κ3) is 17.9. The molecule has 7 rings (SSSR count). The van der Waals surface area contributed by atoms with Crippen LogP contribution in [0.3, 0.4) is 0 Å². The molecule has 0 aliphatic heterocycles. The van der Waals surface area contributed by atoms with E-state index in [-0.39, 0.29) is 0 Å². The molecule has 6 nitrogen and oxygen atoms in total. The summed E-state index contributed by atoms with van der Waals surface area (Å²) in [7, 11) is 0. The summed E-state index contributed by atoms with van der Waals surface area (Å²) in [6.07, 6.45) is 33.9. The maximum absolute atomic E-state index is 7.10. The van der Waals surface area contributed by atoms with E-state index in [0.29, 0.717) is 34.5 Å². The van der Waals surface area contributed by atoms with E-state index >= 15 is 0 Å². The summed E-state index contributed by atoms with van der Waals surface area (Å²) in [5.74, 6) is 4.05. The predicted octanol–water partition coefficient (Wildman–Crippen LogP) is 14.4. The van der Waals surface area contributed by atoms with Gasteiger partial charge in [-0.1, -0.05) is 0 Å². The number of benzene rings is 7. The van der Waals surface area contributed by atoms with Gasteiger partial charge in [0.1, 0.15) is 0 Å². The van der Waals surface area contributed by atoms with Gasteiger partial charge in [0.2, 0.25) is 0 Å². The standard InChI is InChI=1S/6C10H10O.C6H3.3Sb/c6*1-2-3-4-9-5-7-10(11)8-6-9;1-2-4-6-5-3-1;;;/h6*2-8,11H,1H2;1,4-5H;;;/q;;;;;;;3*+2/p-6. The summed E-state index contributed by atoms with van der Waals surface area (Å²) >= 11 is -10.8. The maximum atomic E-state index is 7.10. The first kappa shape index (κ1) is 55.4. The quantitative estimate of drug-likeness (QED) is 0.0378. The molecule has 0 spiro atoms. The Morgan fingerprint density at radius 3 is 0.507 bits per heavy atom. The van der Waals surface area contributed by atoms with Crippen molar-refractivity contribution in [3.05, 3.63) is 310 Å². The van der Waals surface area contributed by atoms with Crippen LogP contribution in [0.2, 0.25) is 0 Å². The summed E-state index contributed by atoms with van der Waals surface area (Å²) in [6.45, 7) is 23.0. The zero-order valence-corrected chi connectivity index (χ0v) is 49.2. The van der Waals surface area contributed by atoms with Gasteiger partial charge in [-0.2, -0.15) is 0 Å². The zero-order valence-electron chi connectivity index (χ0n) is 41.5. The van der Waals surface area contributed by atoms with Gasteiger partial charge in [-0.25, -0.2) is 0 Å². The van der Waals surface area contributed by atoms with Crippen LogP contribution >= 0.6 is 0 Å². The molecule has 0 atom stereocenters. The molecule has 0 amide bonds. The average Bonchev–Trinajstić information content (AvgIpc) is 3.45. The molecule has 0 heterocycles. The summed E-state index contributed by atoms with van der Waals surface area (Å²) in [5.41, 5.74) is 6.07. The number of rotatable bonds is 27. The third-order valence-corrected chi connectivity index (χ3v) is 22.7. The van der Waals surface area contributed by atoms with Crippen LogP contribution in [-0.4, -0.2) is 63.2 Å². The van der Waals surface area contributed by atoms with Crippen molar-refractivity contribution in [1.82, 2.24) is 0 Å². The van der Waals surface area contributed by atoms with Gasteiger partial charge in [0, 0.05) is 0 Å². The molecular formula is C66H57O6Sb3. The second kappa shape index (κ2) is 30.1. The van der Waals surface area contributed by atoms with E-state index < -0.39 is 63.2 Å². The van der Waals surface area contributed by atoms with E-state index in [0.717, 1.165) is 43.9 Å². The van der Waals surface area contributed by atoms with Crippen molar-refractivity contribution in [2.75, 3.05) is 0 Å². The Balaban J connectivity index is 1.42. The second-order valence-corrected chi connectivity index (χ2v) is 28.0. The van der Waals surface area contributed by atoms with Crippen LogP contribution < -0.4 is 28.6 Å². The van der Waals surface area contributed by atoms with Crippen molar-refractivity contribution in [2.24, 2.45) is 0 Å². The topological polar surface area (TPSA) is 55.4 Å². The van der Waals surface area contributed by atoms with Crippen molar-refractivity contribution in [2.45, 2.75) is 0 Å².